The third-order valence-corrected chi connectivity index (χ3v) is 3.50. The molecule has 0 aliphatic carbocycles. The van der Waals surface area contributed by atoms with Gasteiger partial charge in [-0.15, -0.1) is 0 Å². The largest absolute Gasteiger partial charge is 0.468 e. The number of amides is 1. The second kappa shape index (κ2) is 8.71. The summed E-state index contributed by atoms with van der Waals surface area (Å²) in [5.74, 6) is -0.363. The lowest BCUT2D eigenvalue weighted by Gasteiger charge is -2.12. The summed E-state index contributed by atoms with van der Waals surface area (Å²) in [5.41, 5.74) is 1.35. The maximum absolute atomic E-state index is 12.2. The quantitative estimate of drug-likeness (QED) is 0.801. The molecule has 4 nitrogen and oxygen atoms in total. The van der Waals surface area contributed by atoms with E-state index >= 15 is 0 Å². The SMILES string of the molecule is O=C(CCc1ccc(Cl)cc1)NCc1cccnc1OCC(F)(F)F. The molecular formula is C17H16ClF3N2O2. The van der Waals surface area contributed by atoms with Crippen LogP contribution in [0.25, 0.3) is 0 Å². The number of benzene rings is 1. The summed E-state index contributed by atoms with van der Waals surface area (Å²) in [6.45, 7) is -1.39. The van der Waals surface area contributed by atoms with E-state index in [1.54, 1.807) is 24.3 Å². The summed E-state index contributed by atoms with van der Waals surface area (Å²) < 4.78 is 41.4. The van der Waals surface area contributed by atoms with Gasteiger partial charge in [-0.1, -0.05) is 29.8 Å². The third kappa shape index (κ3) is 7.01. The van der Waals surface area contributed by atoms with E-state index in [0.29, 0.717) is 17.0 Å². The fourth-order valence-electron chi connectivity index (χ4n) is 2.03. The lowest BCUT2D eigenvalue weighted by atomic mass is 10.1. The van der Waals surface area contributed by atoms with Crippen LogP contribution in [-0.4, -0.2) is 23.7 Å². The minimum absolute atomic E-state index is 0.0421. The number of halogens is 4. The van der Waals surface area contributed by atoms with Crippen molar-refractivity contribution in [1.82, 2.24) is 10.3 Å². The van der Waals surface area contributed by atoms with Crippen molar-refractivity contribution >= 4 is 17.5 Å². The zero-order valence-electron chi connectivity index (χ0n) is 13.1. The average Bonchev–Trinajstić information content (AvgIpc) is 2.57. The summed E-state index contributed by atoms with van der Waals surface area (Å²) in [5, 5.41) is 3.27. The van der Waals surface area contributed by atoms with Crippen LogP contribution in [0.4, 0.5) is 13.2 Å². The molecule has 134 valence electrons. The highest BCUT2D eigenvalue weighted by molar-refractivity contribution is 6.30. The molecule has 2 rings (SSSR count). The number of aryl methyl sites for hydroxylation is 1. The molecular weight excluding hydrogens is 357 g/mol. The number of aromatic nitrogens is 1. The Morgan fingerprint density at radius 1 is 1.20 bits per heavy atom. The van der Waals surface area contributed by atoms with E-state index in [9.17, 15) is 18.0 Å². The number of carbonyl (C=O) groups is 1. The molecule has 0 atom stereocenters. The predicted molar refractivity (Wildman–Crippen MR) is 87.4 cm³/mol. The monoisotopic (exact) mass is 372 g/mol. The van der Waals surface area contributed by atoms with E-state index in [1.807, 2.05) is 12.1 Å². The van der Waals surface area contributed by atoms with Crippen molar-refractivity contribution in [1.29, 1.82) is 0 Å². The Morgan fingerprint density at radius 3 is 2.60 bits per heavy atom. The number of rotatable bonds is 7. The van der Waals surface area contributed by atoms with Crippen molar-refractivity contribution < 1.29 is 22.7 Å². The minimum atomic E-state index is -4.45. The maximum Gasteiger partial charge on any atom is 0.422 e. The molecule has 1 amide bonds. The average molecular weight is 373 g/mol. The van der Waals surface area contributed by atoms with Gasteiger partial charge in [0.2, 0.25) is 11.8 Å². The number of pyridine rings is 1. The summed E-state index contributed by atoms with van der Waals surface area (Å²) in [6, 6.07) is 10.3. The fraction of sp³-hybridized carbons (Fsp3) is 0.294. The molecule has 8 heteroatoms. The van der Waals surface area contributed by atoms with Crippen molar-refractivity contribution in [3.8, 4) is 5.88 Å². The predicted octanol–water partition coefficient (Wildman–Crippen LogP) is 3.93. The smallest absolute Gasteiger partial charge is 0.422 e. The van der Waals surface area contributed by atoms with Crippen molar-refractivity contribution in [2.24, 2.45) is 0 Å². The van der Waals surface area contributed by atoms with Crippen LogP contribution < -0.4 is 10.1 Å². The molecule has 0 aliphatic heterocycles. The van der Waals surface area contributed by atoms with Gasteiger partial charge >= 0.3 is 6.18 Å². The van der Waals surface area contributed by atoms with E-state index in [0.717, 1.165) is 5.56 Å². The fourth-order valence-corrected chi connectivity index (χ4v) is 2.16. The molecule has 0 saturated heterocycles. The van der Waals surface area contributed by atoms with E-state index in [1.165, 1.54) is 6.20 Å². The minimum Gasteiger partial charge on any atom is -0.468 e. The number of nitrogens with zero attached hydrogens (tertiary/aromatic N) is 1. The highest BCUT2D eigenvalue weighted by Crippen LogP contribution is 2.20. The van der Waals surface area contributed by atoms with Gasteiger partial charge < -0.3 is 10.1 Å². The van der Waals surface area contributed by atoms with Gasteiger partial charge in [0.25, 0.3) is 0 Å². The number of hydrogen-bond acceptors (Lipinski definition) is 3. The number of carbonyl (C=O) groups excluding carboxylic acids is 1. The van der Waals surface area contributed by atoms with Crippen LogP contribution in [0.5, 0.6) is 5.88 Å². The van der Waals surface area contributed by atoms with Gasteiger partial charge in [0.1, 0.15) is 0 Å². The molecule has 0 saturated carbocycles. The molecule has 0 aliphatic rings. The molecule has 0 spiro atoms. The second-order valence-corrected chi connectivity index (χ2v) is 5.71. The van der Waals surface area contributed by atoms with Gasteiger partial charge in [-0.2, -0.15) is 13.2 Å². The Labute approximate surface area is 148 Å². The zero-order valence-corrected chi connectivity index (χ0v) is 13.9. The van der Waals surface area contributed by atoms with Crippen LogP contribution in [-0.2, 0) is 17.8 Å². The van der Waals surface area contributed by atoms with E-state index in [-0.39, 0.29) is 24.8 Å². The van der Waals surface area contributed by atoms with Crippen LogP contribution >= 0.6 is 11.6 Å². The Hall–Kier alpha value is -2.28. The highest BCUT2D eigenvalue weighted by Gasteiger charge is 2.29. The first-order valence-electron chi connectivity index (χ1n) is 7.48. The molecule has 0 bridgehead atoms. The Kier molecular flexibility index (Phi) is 6.64. The van der Waals surface area contributed by atoms with Crippen molar-refractivity contribution in [3.05, 3.63) is 58.7 Å². The van der Waals surface area contributed by atoms with Crippen LogP contribution in [0.2, 0.25) is 5.02 Å². The van der Waals surface area contributed by atoms with E-state index in [4.69, 9.17) is 11.6 Å². The zero-order chi connectivity index (χ0) is 18.3. The summed E-state index contributed by atoms with van der Waals surface area (Å²) in [4.78, 5) is 15.7. The van der Waals surface area contributed by atoms with Crippen molar-refractivity contribution in [3.63, 3.8) is 0 Å². The van der Waals surface area contributed by atoms with E-state index < -0.39 is 12.8 Å². The van der Waals surface area contributed by atoms with E-state index in [2.05, 4.69) is 15.0 Å². The molecule has 0 fully saturated rings. The van der Waals surface area contributed by atoms with Gasteiger partial charge in [0.05, 0.1) is 0 Å². The molecule has 1 heterocycles. The van der Waals surface area contributed by atoms with Crippen LogP contribution in [0.1, 0.15) is 17.5 Å². The molecule has 2 aromatic rings. The normalized spacial score (nSPS) is 11.2. The van der Waals surface area contributed by atoms with Gasteiger partial charge in [-0.05, 0) is 30.2 Å². The van der Waals surface area contributed by atoms with Crippen LogP contribution in [0.15, 0.2) is 42.6 Å². The first kappa shape index (κ1) is 19.1. The topological polar surface area (TPSA) is 51.2 Å². The van der Waals surface area contributed by atoms with Gasteiger partial charge in [-0.25, -0.2) is 4.98 Å². The lowest BCUT2D eigenvalue weighted by molar-refractivity contribution is -0.154. The number of hydrogen-bond donors (Lipinski definition) is 1. The lowest BCUT2D eigenvalue weighted by Crippen LogP contribution is -2.24. The van der Waals surface area contributed by atoms with Gasteiger partial charge in [0.15, 0.2) is 6.61 Å². The Balaban J connectivity index is 1.84. The Morgan fingerprint density at radius 2 is 1.92 bits per heavy atom. The number of alkyl halides is 3. The number of ether oxygens (including phenoxy) is 1. The molecule has 0 radical (unpaired) electrons. The van der Waals surface area contributed by atoms with Crippen molar-refractivity contribution in [2.45, 2.75) is 25.6 Å². The summed E-state index contributed by atoms with van der Waals surface area (Å²) in [6.07, 6.45) is -2.33. The van der Waals surface area contributed by atoms with Gasteiger partial charge in [0, 0.05) is 29.7 Å². The van der Waals surface area contributed by atoms with Crippen molar-refractivity contribution in [2.75, 3.05) is 6.61 Å². The van der Waals surface area contributed by atoms with Crippen LogP contribution in [0, 0.1) is 0 Å². The Bertz CT molecular complexity index is 706. The second-order valence-electron chi connectivity index (χ2n) is 5.27. The first-order chi connectivity index (χ1) is 11.8. The maximum atomic E-state index is 12.2. The standard InChI is InChI=1S/C17H16ClF3N2O2/c18-14-6-3-12(4-7-14)5-8-15(24)23-10-13-2-1-9-22-16(13)25-11-17(19,20)21/h1-4,6-7,9H,5,8,10-11H2,(H,23,24). The summed E-state index contributed by atoms with van der Waals surface area (Å²) in [7, 11) is 0. The first-order valence-corrected chi connectivity index (χ1v) is 7.86. The van der Waals surface area contributed by atoms with Gasteiger partial charge in [-0.3, -0.25) is 4.79 Å². The highest BCUT2D eigenvalue weighted by atomic mass is 35.5. The third-order valence-electron chi connectivity index (χ3n) is 3.25. The molecule has 1 aromatic carbocycles. The van der Waals surface area contributed by atoms with Crippen LogP contribution in [0.3, 0.4) is 0 Å². The number of nitrogens with one attached hydrogen (secondary N) is 1. The molecule has 25 heavy (non-hydrogen) atoms. The molecule has 0 unspecified atom stereocenters. The molecule has 1 N–H and O–H groups in total. The summed E-state index contributed by atoms with van der Waals surface area (Å²) >= 11 is 5.79. The molecule has 1 aromatic heterocycles.